The van der Waals surface area contributed by atoms with Crippen molar-refractivity contribution in [2.75, 3.05) is 89.0 Å². The molecule has 2 saturated heterocycles. The van der Waals surface area contributed by atoms with Gasteiger partial charge in [0.05, 0.1) is 59.9 Å². The van der Waals surface area contributed by atoms with Crippen LogP contribution >= 0.6 is 119 Å². The molecule has 27 nitrogen and oxygen atoms in total. The molecule has 6 N–H and O–H groups in total. The number of hydrogen-bond donors (Lipinski definition) is 6. The van der Waals surface area contributed by atoms with Crippen LogP contribution in [-0.4, -0.2) is 152 Å². The van der Waals surface area contributed by atoms with Crippen molar-refractivity contribution in [2.24, 2.45) is 0 Å². The van der Waals surface area contributed by atoms with Crippen molar-refractivity contribution < 1.29 is 64.8 Å². The van der Waals surface area contributed by atoms with E-state index in [2.05, 4.69) is 156 Å². The molecular weight excluding hydrogens is 1610 g/mol. The molecule has 0 saturated carbocycles. The Morgan fingerprint density at radius 3 is 1.34 bits per heavy atom. The van der Waals surface area contributed by atoms with Crippen LogP contribution in [0.3, 0.4) is 0 Å². The van der Waals surface area contributed by atoms with E-state index in [9.17, 15) is 22.9 Å². The van der Waals surface area contributed by atoms with E-state index in [4.69, 9.17) is 60.4 Å². The summed E-state index contributed by atoms with van der Waals surface area (Å²) < 4.78 is 41.2. The van der Waals surface area contributed by atoms with Gasteiger partial charge in [-0.3, -0.25) is 27.8 Å². The van der Waals surface area contributed by atoms with Crippen molar-refractivity contribution in [1.82, 2.24) is 64.9 Å². The Bertz CT molecular complexity index is 4340. The number of alkyl halides is 3. The fourth-order valence-corrected chi connectivity index (χ4v) is 11.9. The topological polar surface area (TPSA) is 385 Å². The van der Waals surface area contributed by atoms with Crippen LogP contribution in [0.15, 0.2) is 104 Å². The first-order valence-corrected chi connectivity index (χ1v) is 42.8. The number of carbonyl (C=O) groups excluding carboxylic acids is 2. The van der Waals surface area contributed by atoms with E-state index in [0.29, 0.717) is 105 Å². The number of aromatic nitrogens is 9. The quantitative estimate of drug-likeness (QED) is 0.0315. The zero-order chi connectivity index (χ0) is 78.7. The summed E-state index contributed by atoms with van der Waals surface area (Å²) in [6.07, 6.45) is 15.6. The number of amides is 2. The van der Waals surface area contributed by atoms with Crippen LogP contribution in [0.25, 0.3) is 0 Å². The summed E-state index contributed by atoms with van der Waals surface area (Å²) in [7, 11) is 1.43. The van der Waals surface area contributed by atoms with Crippen LogP contribution in [0.4, 0.5) is 52.6 Å². The minimum atomic E-state index is -3.22. The van der Waals surface area contributed by atoms with Gasteiger partial charge in [-0.1, -0.05) is 89.1 Å². The molecule has 0 aromatic carbocycles. The minimum absolute atomic E-state index is 0. The average molecular weight is 1690 g/mol. The van der Waals surface area contributed by atoms with Gasteiger partial charge in [-0.25, -0.2) is 44.9 Å². The minimum Gasteiger partial charge on any atom is -1.00 e. The SMILES string of the molecule is CC(C)(C)[Si](C)(C)OCc1ccnc(Nc2ncc(C#N)s2)c1.CF.CN1CCN(Cc2ccnc(Nc3ncc(C#N)s3)c2)CCC1=O.CN1CCNCCC1=O.N#Cc1cnc(Cl)s1.N#Cc1cnc(Nc2cc(CCl)ccn2)s1.N#Cc1cnc(Nc2cc(CO)ccn2)s1.O=P(Cl)(Cl)Cl.[2H]CF.[H-].[Na+]. The van der Waals surface area contributed by atoms with Crippen LogP contribution in [-0.2, 0) is 44.2 Å². The van der Waals surface area contributed by atoms with E-state index in [-0.39, 0.29) is 54.4 Å². The van der Waals surface area contributed by atoms with Gasteiger partial charge in [0.1, 0.15) is 78.0 Å². The first kappa shape index (κ1) is 93.1. The Labute approximate surface area is 684 Å². The molecule has 2 aliphatic rings. The average Bonchev–Trinajstić information content (AvgIpc) is 1.20. The molecule has 106 heavy (non-hydrogen) atoms. The number of anilines is 8. The molecule has 0 bridgehead atoms. The number of nitrogens with zero attached hydrogens (tertiary/aromatic N) is 17. The maximum atomic E-state index is 11.7. The maximum absolute atomic E-state index is 11.7. The molecule has 11 heterocycles. The van der Waals surface area contributed by atoms with Gasteiger partial charge in [-0.2, -0.15) is 26.3 Å². The van der Waals surface area contributed by atoms with Crippen LogP contribution in [0.2, 0.25) is 22.6 Å². The fraction of sp³-hybridized carbons (Fsp3) is 0.344. The van der Waals surface area contributed by atoms with E-state index >= 15 is 0 Å². The molecule has 11 rings (SSSR count). The second-order valence-electron chi connectivity index (χ2n) is 22.2. The normalized spacial score (nSPS) is 12.4. The summed E-state index contributed by atoms with van der Waals surface area (Å²) in [4.78, 5) is 68.1. The number of thiazole rings is 5. The van der Waals surface area contributed by atoms with Gasteiger partial charge in [0, 0.05) is 103 Å². The molecule has 0 unspecified atom stereocenters. The van der Waals surface area contributed by atoms with Crippen LogP contribution in [0.1, 0.15) is 83.0 Å². The van der Waals surface area contributed by atoms with Gasteiger partial charge < -0.3 is 47.3 Å². The Morgan fingerprint density at radius 2 is 0.962 bits per heavy atom. The van der Waals surface area contributed by atoms with E-state index in [1.807, 2.05) is 68.7 Å². The Morgan fingerprint density at radius 1 is 0.604 bits per heavy atom. The Kier molecular flexibility index (Phi) is 45.1. The molecule has 2 fully saturated rings. The molecule has 0 aliphatic carbocycles. The number of nitriles is 5. The number of pyridine rings is 4. The smallest absolute Gasteiger partial charge is 1.00 e. The van der Waals surface area contributed by atoms with Crippen molar-refractivity contribution in [3.05, 3.63) is 155 Å². The first-order chi connectivity index (χ1) is 50.5. The molecule has 0 atom stereocenters. The van der Waals surface area contributed by atoms with Crippen LogP contribution in [0.5, 0.6) is 0 Å². The number of aliphatic hydroxyl groups is 1. The summed E-state index contributed by atoms with van der Waals surface area (Å²) in [6, 6.07) is 25.1. The number of likely N-dealkylation sites (N-methyl/N-ethyl adjacent to an activating group) is 2. The fourth-order valence-electron chi connectivity index (χ4n) is 7.57. The third kappa shape index (κ3) is 38.1. The van der Waals surface area contributed by atoms with Crippen molar-refractivity contribution in [1.29, 1.82) is 26.3 Å². The van der Waals surface area contributed by atoms with Gasteiger partial charge in [-0.05, 0) is 123 Å². The number of nitrogens with one attached hydrogen (secondary N) is 5. The molecule has 42 heteroatoms. The maximum Gasteiger partial charge on any atom is 1.00 e. The van der Waals surface area contributed by atoms with Crippen molar-refractivity contribution >= 4 is 183 Å². The number of rotatable bonds is 15. The summed E-state index contributed by atoms with van der Waals surface area (Å²) in [5.41, 5.74) is 3.96. The van der Waals surface area contributed by atoms with Crippen molar-refractivity contribution in [2.45, 2.75) is 77.4 Å². The third-order valence-electron chi connectivity index (χ3n) is 13.8. The number of hydrogen-bond acceptors (Lipinski definition) is 30. The number of aliphatic hydroxyl groups excluding tert-OH is 1. The molecule has 0 radical (unpaired) electrons. The molecule has 9 aromatic heterocycles. The molecule has 560 valence electrons. The van der Waals surface area contributed by atoms with E-state index < -0.39 is 20.7 Å². The Hall–Kier alpha value is -7.06. The zero-order valence-corrected chi connectivity index (χ0v) is 70.6. The third-order valence-corrected chi connectivity index (χ3v) is 22.9. The summed E-state index contributed by atoms with van der Waals surface area (Å²) >= 11 is 31.3. The number of halogens is 7. The second kappa shape index (κ2) is 51.3. The largest absolute Gasteiger partial charge is 1.00 e. The summed E-state index contributed by atoms with van der Waals surface area (Å²) in [5.74, 6) is 3.59. The standard InChI is InChI=1S/C16H18N6OS.C16H22N4OSSi.C10H7ClN4S.C10H8N4OS.C6H12N2O.C4HClN2S.2CH3F.Cl3OP.Na.H/c1-21-6-7-22(5-3-15(21)23)11-12-2-4-18-14(8-12)20-16-19-10-13(9-17)24-16;1-16(2,3)23(4,5)21-11-12-6-7-18-14(8-12)20-15-19-10-13(9-17)22-15;11-4-7-1-2-13-9(3-7)15-10-14-6-8(5-12)16-10;11-4-8-5-13-10(16-8)14-9-3-7(6-15)1-2-12-9;1-8-5-4-7-3-2-6(8)9;5-4-7-2-3(1-6)8-4;2*1-2;1-5(2,3)4;;/h2,4,8,10H,3,5-7,11H2,1H3,(H,18,19,20);6-8,10H,11H2,1-5H3,(H,18,19,20);1-3,6H,4H2,(H,13,14,15);1-3,5,15H,6H2,(H,12,13,14);7H,2-5H2,1H3;2H;2*1H3;;;/q;;;;;;;;;+1;-1/i;;;;;;1D;;;;. The molecule has 9 aromatic rings. The zero-order valence-electron chi connectivity index (χ0n) is 60.8. The number of carbonyl (C=O) groups is 2. The van der Waals surface area contributed by atoms with Gasteiger partial charge in [-0.15, -0.1) is 11.6 Å². The second-order valence-corrected chi connectivity index (χ2v) is 39.7. The van der Waals surface area contributed by atoms with E-state index in [0.717, 1.165) is 68.1 Å². The Balaban J connectivity index is 0.000000648. The van der Waals surface area contributed by atoms with Gasteiger partial charge >= 0.3 is 34.8 Å². The molecule has 0 spiro atoms. The molecule has 2 amide bonds. The monoisotopic (exact) mass is 1690 g/mol. The first-order valence-electron chi connectivity index (χ1n) is 31.2. The summed E-state index contributed by atoms with van der Waals surface area (Å²) in [6.45, 7) is 17.5. The van der Waals surface area contributed by atoms with Gasteiger partial charge in [0.25, 0.3) is 0 Å². The predicted octanol–water partition coefficient (Wildman–Crippen LogP) is 13.2. The van der Waals surface area contributed by atoms with Crippen molar-refractivity contribution in [3.8, 4) is 30.3 Å². The van der Waals surface area contributed by atoms with Crippen LogP contribution < -0.4 is 56.1 Å². The van der Waals surface area contributed by atoms with E-state index in [1.165, 1.54) is 75.3 Å². The van der Waals surface area contributed by atoms with Gasteiger partial charge in [0.15, 0.2) is 33.3 Å². The van der Waals surface area contributed by atoms with Gasteiger partial charge in [0.2, 0.25) is 11.8 Å². The molecular formula is C64H75Cl5F2N22NaO5PS5Si. The van der Waals surface area contributed by atoms with Crippen LogP contribution in [0, 0.1) is 56.7 Å². The van der Waals surface area contributed by atoms with E-state index in [1.54, 1.807) is 59.1 Å². The van der Waals surface area contributed by atoms with Crippen molar-refractivity contribution in [3.63, 3.8) is 0 Å². The molecule has 2 aliphatic heterocycles. The predicted molar refractivity (Wildman–Crippen MR) is 420 cm³/mol. The summed E-state index contributed by atoms with van der Waals surface area (Å²) in [5, 5.41) is 67.1.